The third-order valence-corrected chi connectivity index (χ3v) is 5.44. The molecule has 0 radical (unpaired) electrons. The second-order valence-electron chi connectivity index (χ2n) is 3.62. The van der Waals surface area contributed by atoms with Gasteiger partial charge in [0.1, 0.15) is 4.34 Å². The van der Waals surface area contributed by atoms with Crippen molar-refractivity contribution in [3.63, 3.8) is 0 Å². The molecule has 0 spiro atoms. The van der Waals surface area contributed by atoms with Gasteiger partial charge in [0.25, 0.3) is 0 Å². The van der Waals surface area contributed by atoms with Crippen molar-refractivity contribution in [1.82, 2.24) is 0 Å². The van der Waals surface area contributed by atoms with Gasteiger partial charge in [-0.1, -0.05) is 39.7 Å². The molecular formula is C12H9Br2ClOS. The smallest absolute Gasteiger partial charge is 0.107 e. The molecule has 0 aliphatic heterocycles. The molecule has 1 aromatic carbocycles. The average molecular weight is 397 g/mol. The van der Waals surface area contributed by atoms with Crippen LogP contribution in [0.1, 0.15) is 16.5 Å². The lowest BCUT2D eigenvalue weighted by Gasteiger charge is -2.08. The minimum absolute atomic E-state index is 0.509. The zero-order valence-electron chi connectivity index (χ0n) is 8.66. The van der Waals surface area contributed by atoms with Gasteiger partial charge in [0.2, 0.25) is 0 Å². The van der Waals surface area contributed by atoms with E-state index in [9.17, 15) is 5.11 Å². The Hall–Kier alpha value is 0.130. The lowest BCUT2D eigenvalue weighted by Crippen LogP contribution is -1.99. The summed E-state index contributed by atoms with van der Waals surface area (Å²) in [5, 5.41) is 10.1. The van der Waals surface area contributed by atoms with Crippen molar-refractivity contribution in [2.75, 3.05) is 0 Å². The standard InChI is InChI=1S/C12H9Br2ClOS/c13-8-3-1-7(2-4-8)5-10(16)11-6-9(14)12(15)17-11/h1-4,6,10,16H,5H2. The zero-order valence-corrected chi connectivity index (χ0v) is 13.4. The molecule has 17 heavy (non-hydrogen) atoms. The molecule has 0 amide bonds. The van der Waals surface area contributed by atoms with Crippen LogP contribution in [0.3, 0.4) is 0 Å². The highest BCUT2D eigenvalue weighted by molar-refractivity contribution is 9.10. The molecule has 1 aromatic heterocycles. The molecule has 1 heterocycles. The van der Waals surface area contributed by atoms with Crippen LogP contribution in [0.25, 0.3) is 0 Å². The van der Waals surface area contributed by atoms with Crippen LogP contribution < -0.4 is 0 Å². The summed E-state index contributed by atoms with van der Waals surface area (Å²) in [6.07, 6.45) is 0.0845. The Morgan fingerprint density at radius 1 is 1.24 bits per heavy atom. The summed E-state index contributed by atoms with van der Waals surface area (Å²) in [5.74, 6) is 0. The topological polar surface area (TPSA) is 20.2 Å². The van der Waals surface area contributed by atoms with Gasteiger partial charge in [-0.2, -0.15) is 0 Å². The number of hydrogen-bond acceptors (Lipinski definition) is 2. The van der Waals surface area contributed by atoms with Crippen LogP contribution in [0.5, 0.6) is 0 Å². The van der Waals surface area contributed by atoms with Crippen LogP contribution in [0, 0.1) is 0 Å². The van der Waals surface area contributed by atoms with Crippen molar-refractivity contribution < 1.29 is 5.11 Å². The van der Waals surface area contributed by atoms with Crippen molar-refractivity contribution in [2.24, 2.45) is 0 Å². The molecule has 5 heteroatoms. The average Bonchev–Trinajstić information content (AvgIpc) is 2.63. The van der Waals surface area contributed by atoms with Crippen LogP contribution in [-0.4, -0.2) is 5.11 Å². The maximum atomic E-state index is 10.1. The molecule has 0 aliphatic rings. The largest absolute Gasteiger partial charge is 0.387 e. The van der Waals surface area contributed by atoms with E-state index < -0.39 is 6.10 Å². The van der Waals surface area contributed by atoms with E-state index in [-0.39, 0.29) is 0 Å². The first-order chi connectivity index (χ1) is 8.06. The maximum Gasteiger partial charge on any atom is 0.107 e. The molecule has 1 nitrogen and oxygen atoms in total. The zero-order chi connectivity index (χ0) is 12.4. The lowest BCUT2D eigenvalue weighted by atomic mass is 10.1. The molecular weight excluding hydrogens is 387 g/mol. The summed E-state index contributed by atoms with van der Waals surface area (Å²) >= 11 is 14.1. The minimum Gasteiger partial charge on any atom is -0.387 e. The van der Waals surface area contributed by atoms with Crippen molar-refractivity contribution in [2.45, 2.75) is 12.5 Å². The Balaban J connectivity index is 2.11. The number of thiophene rings is 1. The van der Waals surface area contributed by atoms with Gasteiger partial charge in [0, 0.05) is 20.2 Å². The van der Waals surface area contributed by atoms with Crippen LogP contribution in [0.4, 0.5) is 0 Å². The summed E-state index contributed by atoms with van der Waals surface area (Å²) in [5.41, 5.74) is 1.10. The predicted molar refractivity (Wildman–Crippen MR) is 79.8 cm³/mol. The summed E-state index contributed by atoms with van der Waals surface area (Å²) < 4.78 is 2.56. The molecule has 90 valence electrons. The summed E-state index contributed by atoms with van der Waals surface area (Å²) in [6.45, 7) is 0. The van der Waals surface area contributed by atoms with Gasteiger partial charge in [-0.05, 0) is 39.7 Å². The molecule has 0 saturated heterocycles. The van der Waals surface area contributed by atoms with E-state index in [0.717, 1.165) is 19.4 Å². The third-order valence-electron chi connectivity index (χ3n) is 2.33. The summed E-state index contributed by atoms with van der Waals surface area (Å²) in [4.78, 5) is 0.879. The summed E-state index contributed by atoms with van der Waals surface area (Å²) in [6, 6.07) is 9.81. The SMILES string of the molecule is OC(Cc1ccc(Br)cc1)c1cc(Br)c(Cl)s1. The van der Waals surface area contributed by atoms with Crippen LogP contribution >= 0.6 is 54.8 Å². The predicted octanol–water partition coefficient (Wildman–Crippen LogP) is 5.20. The van der Waals surface area contributed by atoms with E-state index in [2.05, 4.69) is 31.9 Å². The molecule has 1 N–H and O–H groups in total. The van der Waals surface area contributed by atoms with Crippen LogP contribution in [0.15, 0.2) is 39.3 Å². The molecule has 1 unspecified atom stereocenters. The fraction of sp³-hybridized carbons (Fsp3) is 0.167. The molecule has 2 aromatic rings. The summed E-state index contributed by atoms with van der Waals surface area (Å²) in [7, 11) is 0. The van der Waals surface area contributed by atoms with E-state index >= 15 is 0 Å². The van der Waals surface area contributed by atoms with Gasteiger partial charge < -0.3 is 5.11 Å². The van der Waals surface area contributed by atoms with Gasteiger partial charge in [-0.15, -0.1) is 11.3 Å². The first-order valence-corrected chi connectivity index (χ1v) is 7.71. The van der Waals surface area contributed by atoms with Crippen molar-refractivity contribution in [3.8, 4) is 0 Å². The second-order valence-corrected chi connectivity index (χ2v) is 7.07. The third kappa shape index (κ3) is 3.55. The molecule has 0 saturated carbocycles. The van der Waals surface area contributed by atoms with E-state index in [4.69, 9.17) is 11.6 Å². The number of halogens is 3. The van der Waals surface area contributed by atoms with Crippen molar-refractivity contribution >= 4 is 54.8 Å². The quantitative estimate of drug-likeness (QED) is 0.756. The van der Waals surface area contributed by atoms with E-state index in [1.54, 1.807) is 0 Å². The Bertz CT molecular complexity index is 490. The van der Waals surface area contributed by atoms with Gasteiger partial charge >= 0.3 is 0 Å². The van der Waals surface area contributed by atoms with Crippen LogP contribution in [-0.2, 0) is 6.42 Å². The maximum absolute atomic E-state index is 10.1. The molecule has 0 fully saturated rings. The molecule has 0 aliphatic carbocycles. The fourth-order valence-corrected chi connectivity index (χ4v) is 3.46. The number of aliphatic hydroxyl groups is 1. The van der Waals surface area contributed by atoms with E-state index in [1.807, 2.05) is 30.3 Å². The second kappa shape index (κ2) is 5.85. The highest BCUT2D eigenvalue weighted by atomic mass is 79.9. The first kappa shape index (κ1) is 13.6. The molecule has 0 bridgehead atoms. The minimum atomic E-state index is -0.509. The highest BCUT2D eigenvalue weighted by Gasteiger charge is 2.13. The Labute approximate surface area is 126 Å². The van der Waals surface area contributed by atoms with Crippen molar-refractivity contribution in [1.29, 1.82) is 0 Å². The Kier molecular flexibility index (Phi) is 4.66. The lowest BCUT2D eigenvalue weighted by molar-refractivity contribution is 0.182. The van der Waals surface area contributed by atoms with Crippen molar-refractivity contribution in [3.05, 3.63) is 54.1 Å². The number of rotatable bonds is 3. The van der Waals surface area contributed by atoms with Gasteiger partial charge in [-0.25, -0.2) is 0 Å². The highest BCUT2D eigenvalue weighted by Crippen LogP contribution is 2.36. The molecule has 1 atom stereocenters. The van der Waals surface area contributed by atoms with Gasteiger partial charge in [0.15, 0.2) is 0 Å². The normalized spacial score (nSPS) is 12.7. The van der Waals surface area contributed by atoms with Gasteiger partial charge in [0.05, 0.1) is 6.10 Å². The monoisotopic (exact) mass is 394 g/mol. The molecule has 2 rings (SSSR count). The number of aliphatic hydroxyl groups excluding tert-OH is 1. The van der Waals surface area contributed by atoms with E-state index in [1.165, 1.54) is 11.3 Å². The Morgan fingerprint density at radius 3 is 2.41 bits per heavy atom. The fourth-order valence-electron chi connectivity index (χ4n) is 1.47. The van der Waals surface area contributed by atoms with E-state index in [0.29, 0.717) is 10.8 Å². The Morgan fingerprint density at radius 2 is 1.88 bits per heavy atom. The number of benzene rings is 1. The van der Waals surface area contributed by atoms with Crippen LogP contribution in [0.2, 0.25) is 4.34 Å². The van der Waals surface area contributed by atoms with Gasteiger partial charge in [-0.3, -0.25) is 0 Å². The first-order valence-electron chi connectivity index (χ1n) is 4.93. The number of hydrogen-bond donors (Lipinski definition) is 1.